The second-order valence-electron chi connectivity index (χ2n) is 7.69. The van der Waals surface area contributed by atoms with E-state index in [9.17, 15) is 9.59 Å². The third kappa shape index (κ3) is 6.58. The van der Waals surface area contributed by atoms with E-state index in [2.05, 4.69) is 22.9 Å². The Hall–Kier alpha value is -2.37. The lowest BCUT2D eigenvalue weighted by Gasteiger charge is -2.28. The number of piperidine rings is 1. The summed E-state index contributed by atoms with van der Waals surface area (Å²) in [5.74, 6) is 0.686. The fourth-order valence-corrected chi connectivity index (χ4v) is 3.65. The fraction of sp³-hybridized carbons (Fsp3) is 0.391. The van der Waals surface area contributed by atoms with Gasteiger partial charge in [0, 0.05) is 23.4 Å². The zero-order valence-corrected chi connectivity index (χ0v) is 17.9. The van der Waals surface area contributed by atoms with Gasteiger partial charge in [-0.3, -0.25) is 9.59 Å². The van der Waals surface area contributed by atoms with Gasteiger partial charge in [-0.2, -0.15) is 0 Å². The highest BCUT2D eigenvalue weighted by Gasteiger charge is 2.22. The van der Waals surface area contributed by atoms with E-state index in [1.165, 1.54) is 12.8 Å². The number of carbonyl (C=O) groups is 2. The van der Waals surface area contributed by atoms with Crippen LogP contribution in [0.1, 0.15) is 42.1 Å². The van der Waals surface area contributed by atoms with Crippen LogP contribution in [0.3, 0.4) is 0 Å². The highest BCUT2D eigenvalue weighted by atomic mass is 35.5. The SMILES string of the molecule is Cc1ccc(C(=O)Nc2ccccc2)cc1NC(=O)CC(C)C1CCCNC1.Cl. The molecule has 1 heterocycles. The minimum atomic E-state index is -0.191. The van der Waals surface area contributed by atoms with E-state index in [0.29, 0.717) is 29.5 Å². The van der Waals surface area contributed by atoms with Gasteiger partial charge in [0.25, 0.3) is 5.91 Å². The van der Waals surface area contributed by atoms with E-state index < -0.39 is 0 Å². The molecule has 2 amide bonds. The first-order chi connectivity index (χ1) is 13.5. The number of hydrogen-bond donors (Lipinski definition) is 3. The summed E-state index contributed by atoms with van der Waals surface area (Å²) in [6.07, 6.45) is 2.84. The zero-order chi connectivity index (χ0) is 19.9. The van der Waals surface area contributed by atoms with Crippen LogP contribution in [-0.4, -0.2) is 24.9 Å². The molecule has 3 rings (SSSR count). The van der Waals surface area contributed by atoms with Gasteiger partial charge in [-0.25, -0.2) is 0 Å². The van der Waals surface area contributed by atoms with Crippen molar-refractivity contribution in [2.75, 3.05) is 23.7 Å². The van der Waals surface area contributed by atoms with Crippen LogP contribution in [-0.2, 0) is 4.79 Å². The first-order valence-electron chi connectivity index (χ1n) is 10.0. The highest BCUT2D eigenvalue weighted by molar-refractivity contribution is 6.05. The van der Waals surface area contributed by atoms with Gasteiger partial charge in [-0.15, -0.1) is 12.4 Å². The Kier molecular flexibility index (Phi) is 8.68. The van der Waals surface area contributed by atoms with Crippen molar-refractivity contribution in [3.63, 3.8) is 0 Å². The van der Waals surface area contributed by atoms with Crippen molar-refractivity contribution in [3.8, 4) is 0 Å². The maximum absolute atomic E-state index is 12.6. The third-order valence-electron chi connectivity index (χ3n) is 5.45. The van der Waals surface area contributed by atoms with Crippen LogP contribution in [0.4, 0.5) is 11.4 Å². The van der Waals surface area contributed by atoms with Crippen LogP contribution in [0.25, 0.3) is 0 Å². The van der Waals surface area contributed by atoms with Crippen molar-refractivity contribution >= 4 is 35.6 Å². The van der Waals surface area contributed by atoms with E-state index in [0.717, 1.165) is 24.3 Å². The van der Waals surface area contributed by atoms with Gasteiger partial charge in [0.1, 0.15) is 0 Å². The molecule has 1 fully saturated rings. The third-order valence-corrected chi connectivity index (χ3v) is 5.45. The highest BCUT2D eigenvalue weighted by Crippen LogP contribution is 2.24. The van der Waals surface area contributed by atoms with E-state index in [-0.39, 0.29) is 24.2 Å². The predicted molar refractivity (Wildman–Crippen MR) is 121 cm³/mol. The number of anilines is 2. The Morgan fingerprint density at radius 3 is 2.59 bits per heavy atom. The average Bonchev–Trinajstić information content (AvgIpc) is 2.71. The molecule has 29 heavy (non-hydrogen) atoms. The molecule has 6 heteroatoms. The molecule has 0 saturated carbocycles. The first-order valence-corrected chi connectivity index (χ1v) is 10.0. The summed E-state index contributed by atoms with van der Waals surface area (Å²) in [5.41, 5.74) is 2.90. The average molecular weight is 416 g/mol. The number of nitrogens with one attached hydrogen (secondary N) is 3. The molecule has 2 atom stereocenters. The Labute approximate surface area is 179 Å². The van der Waals surface area contributed by atoms with Crippen LogP contribution < -0.4 is 16.0 Å². The predicted octanol–water partition coefficient (Wildman–Crippen LogP) is 4.63. The van der Waals surface area contributed by atoms with Crippen molar-refractivity contribution in [1.29, 1.82) is 0 Å². The van der Waals surface area contributed by atoms with Crippen LogP contribution >= 0.6 is 12.4 Å². The first kappa shape index (κ1) is 22.9. The summed E-state index contributed by atoms with van der Waals surface area (Å²) in [5, 5.41) is 9.29. The van der Waals surface area contributed by atoms with E-state index in [1.807, 2.05) is 43.3 Å². The van der Waals surface area contributed by atoms with Crippen molar-refractivity contribution in [1.82, 2.24) is 5.32 Å². The lowest BCUT2D eigenvalue weighted by atomic mass is 9.85. The molecule has 1 aliphatic heterocycles. The van der Waals surface area contributed by atoms with Gasteiger partial charge in [0.05, 0.1) is 0 Å². The number of para-hydroxylation sites is 1. The molecular formula is C23H30ClN3O2. The Morgan fingerprint density at radius 1 is 1.14 bits per heavy atom. The Morgan fingerprint density at radius 2 is 1.90 bits per heavy atom. The maximum Gasteiger partial charge on any atom is 0.255 e. The second-order valence-corrected chi connectivity index (χ2v) is 7.69. The van der Waals surface area contributed by atoms with Crippen molar-refractivity contribution in [2.45, 2.75) is 33.1 Å². The van der Waals surface area contributed by atoms with Gasteiger partial charge in [-0.05, 0) is 74.5 Å². The second kappa shape index (κ2) is 11.0. The molecule has 156 valence electrons. The quantitative estimate of drug-likeness (QED) is 0.644. The van der Waals surface area contributed by atoms with Crippen molar-refractivity contribution in [2.24, 2.45) is 11.8 Å². The van der Waals surface area contributed by atoms with Crippen LogP contribution in [0.15, 0.2) is 48.5 Å². The van der Waals surface area contributed by atoms with Gasteiger partial charge in [-0.1, -0.05) is 31.2 Å². The number of aryl methyl sites for hydroxylation is 1. The van der Waals surface area contributed by atoms with E-state index >= 15 is 0 Å². The van der Waals surface area contributed by atoms with Gasteiger partial charge < -0.3 is 16.0 Å². The largest absolute Gasteiger partial charge is 0.326 e. The van der Waals surface area contributed by atoms with Crippen LogP contribution in [0, 0.1) is 18.8 Å². The Balaban J connectivity index is 0.00000300. The normalized spacial score (nSPS) is 17.0. The molecule has 1 aliphatic rings. The molecule has 0 bridgehead atoms. The molecule has 0 aromatic heterocycles. The number of amides is 2. The van der Waals surface area contributed by atoms with E-state index in [4.69, 9.17) is 0 Å². The molecule has 3 N–H and O–H groups in total. The molecule has 0 radical (unpaired) electrons. The van der Waals surface area contributed by atoms with Gasteiger partial charge in [0.15, 0.2) is 0 Å². The summed E-state index contributed by atoms with van der Waals surface area (Å²) < 4.78 is 0. The van der Waals surface area contributed by atoms with E-state index in [1.54, 1.807) is 12.1 Å². The summed E-state index contributed by atoms with van der Waals surface area (Å²) >= 11 is 0. The fourth-order valence-electron chi connectivity index (χ4n) is 3.65. The van der Waals surface area contributed by atoms with Gasteiger partial charge in [0.2, 0.25) is 5.91 Å². The molecule has 2 aromatic rings. The summed E-state index contributed by atoms with van der Waals surface area (Å²) in [4.78, 5) is 25.1. The maximum atomic E-state index is 12.6. The van der Waals surface area contributed by atoms with Crippen LogP contribution in [0.2, 0.25) is 0 Å². The molecule has 1 saturated heterocycles. The summed E-state index contributed by atoms with van der Waals surface area (Å²) in [6, 6.07) is 14.7. The minimum Gasteiger partial charge on any atom is -0.326 e. The summed E-state index contributed by atoms with van der Waals surface area (Å²) in [7, 11) is 0. The standard InChI is InChI=1S/C23H29N3O2.ClH/c1-16-10-11-18(23(28)25-20-8-4-3-5-9-20)14-21(16)26-22(27)13-17(2)19-7-6-12-24-15-19;/h3-5,8-11,14,17,19,24H,6-7,12-13,15H2,1-2H3,(H,25,28)(H,26,27);1H. The summed E-state index contributed by atoms with van der Waals surface area (Å²) in [6.45, 7) is 6.14. The van der Waals surface area contributed by atoms with Crippen LogP contribution in [0.5, 0.6) is 0 Å². The van der Waals surface area contributed by atoms with Crippen molar-refractivity contribution < 1.29 is 9.59 Å². The number of carbonyl (C=O) groups excluding carboxylic acids is 2. The number of halogens is 1. The minimum absolute atomic E-state index is 0. The zero-order valence-electron chi connectivity index (χ0n) is 17.0. The number of rotatable bonds is 6. The molecule has 5 nitrogen and oxygen atoms in total. The molecule has 2 aromatic carbocycles. The monoisotopic (exact) mass is 415 g/mol. The Bertz CT molecular complexity index is 820. The van der Waals surface area contributed by atoms with Crippen molar-refractivity contribution in [3.05, 3.63) is 59.7 Å². The number of benzene rings is 2. The molecule has 2 unspecified atom stereocenters. The topological polar surface area (TPSA) is 70.2 Å². The molecular weight excluding hydrogens is 386 g/mol. The molecule has 0 aliphatic carbocycles. The lowest BCUT2D eigenvalue weighted by molar-refractivity contribution is -0.117. The lowest BCUT2D eigenvalue weighted by Crippen LogP contribution is -2.34. The molecule has 0 spiro atoms. The smallest absolute Gasteiger partial charge is 0.255 e. The number of hydrogen-bond acceptors (Lipinski definition) is 3. The van der Waals surface area contributed by atoms with Gasteiger partial charge >= 0.3 is 0 Å².